The van der Waals surface area contributed by atoms with Crippen LogP contribution in [0.15, 0.2) is 0 Å². The molecule has 1 saturated carbocycles. The fourth-order valence-electron chi connectivity index (χ4n) is 2.19. The molecule has 1 aliphatic carbocycles. The monoisotopic (exact) mass is 214 g/mol. The van der Waals surface area contributed by atoms with Crippen molar-refractivity contribution in [2.75, 3.05) is 14.2 Å². The van der Waals surface area contributed by atoms with Crippen molar-refractivity contribution in [3.8, 4) is 0 Å². The molecule has 0 amide bonds. The molecule has 0 bridgehead atoms. The third-order valence-electron chi connectivity index (χ3n) is 3.02. The normalized spacial score (nSPS) is 24.9. The minimum Gasteiger partial charge on any atom is -0.469 e. The third kappa shape index (κ3) is 3.90. The molecule has 0 aromatic carbocycles. The first-order valence-corrected chi connectivity index (χ1v) is 5.29. The molecule has 0 saturated heterocycles. The number of ether oxygens (including phenoxy) is 2. The van der Waals surface area contributed by atoms with E-state index in [-0.39, 0.29) is 11.9 Å². The van der Waals surface area contributed by atoms with Crippen molar-refractivity contribution in [1.29, 1.82) is 0 Å². The molecule has 0 aliphatic heterocycles. The number of esters is 2. The maximum absolute atomic E-state index is 11.0. The molecular formula is C11H18O4. The molecule has 1 rings (SSSR count). The smallest absolute Gasteiger partial charge is 0.305 e. The lowest BCUT2D eigenvalue weighted by molar-refractivity contribution is -0.142. The quantitative estimate of drug-likeness (QED) is 0.666. The van der Waals surface area contributed by atoms with Crippen LogP contribution >= 0.6 is 0 Å². The second kappa shape index (κ2) is 5.73. The number of rotatable bonds is 4. The summed E-state index contributed by atoms with van der Waals surface area (Å²) in [7, 11) is 2.81. The molecule has 1 aliphatic rings. The van der Waals surface area contributed by atoms with Crippen LogP contribution in [-0.2, 0) is 19.1 Å². The predicted molar refractivity (Wildman–Crippen MR) is 54.1 cm³/mol. The van der Waals surface area contributed by atoms with Gasteiger partial charge in [0.05, 0.1) is 14.2 Å². The minimum absolute atomic E-state index is 0.154. The van der Waals surface area contributed by atoms with Gasteiger partial charge >= 0.3 is 11.9 Å². The van der Waals surface area contributed by atoms with E-state index in [9.17, 15) is 9.59 Å². The SMILES string of the molecule is COC(=O)CC1CCC(CC(=O)OC)C1. The molecule has 0 heterocycles. The van der Waals surface area contributed by atoms with E-state index in [4.69, 9.17) is 0 Å². The Bertz CT molecular complexity index is 213. The second-order valence-electron chi connectivity index (χ2n) is 4.11. The van der Waals surface area contributed by atoms with Gasteiger partial charge in [-0.05, 0) is 31.1 Å². The molecule has 0 spiro atoms. The maximum Gasteiger partial charge on any atom is 0.305 e. The van der Waals surface area contributed by atoms with E-state index in [1.165, 1.54) is 14.2 Å². The van der Waals surface area contributed by atoms with Gasteiger partial charge in [0.25, 0.3) is 0 Å². The summed E-state index contributed by atoms with van der Waals surface area (Å²) in [4.78, 5) is 22.1. The van der Waals surface area contributed by atoms with Crippen molar-refractivity contribution in [1.82, 2.24) is 0 Å². The highest BCUT2D eigenvalue weighted by Crippen LogP contribution is 2.35. The second-order valence-corrected chi connectivity index (χ2v) is 4.11. The van der Waals surface area contributed by atoms with Gasteiger partial charge in [-0.3, -0.25) is 9.59 Å². The van der Waals surface area contributed by atoms with Gasteiger partial charge in [0.15, 0.2) is 0 Å². The molecule has 0 radical (unpaired) electrons. The van der Waals surface area contributed by atoms with Gasteiger partial charge in [-0.25, -0.2) is 0 Å². The van der Waals surface area contributed by atoms with Crippen molar-refractivity contribution in [2.24, 2.45) is 11.8 Å². The van der Waals surface area contributed by atoms with Crippen LogP contribution in [0.5, 0.6) is 0 Å². The van der Waals surface area contributed by atoms with Crippen LogP contribution in [0, 0.1) is 11.8 Å². The molecule has 4 nitrogen and oxygen atoms in total. The maximum atomic E-state index is 11.0. The Morgan fingerprint density at radius 1 is 1.00 bits per heavy atom. The lowest BCUT2D eigenvalue weighted by Gasteiger charge is -2.09. The molecule has 0 aromatic heterocycles. The molecule has 0 N–H and O–H groups in total. The van der Waals surface area contributed by atoms with Crippen LogP contribution in [-0.4, -0.2) is 26.2 Å². The summed E-state index contributed by atoms with van der Waals surface area (Å²) in [6.45, 7) is 0. The average Bonchev–Trinajstić information content (AvgIpc) is 2.65. The highest BCUT2D eigenvalue weighted by Gasteiger charge is 2.28. The summed E-state index contributed by atoms with van der Waals surface area (Å²) in [5, 5.41) is 0. The summed E-state index contributed by atoms with van der Waals surface area (Å²) in [5.74, 6) is 0.455. The summed E-state index contributed by atoms with van der Waals surface area (Å²) in [6.07, 6.45) is 3.92. The van der Waals surface area contributed by atoms with Crippen LogP contribution in [0.2, 0.25) is 0 Å². The first-order chi connectivity index (χ1) is 7.15. The van der Waals surface area contributed by atoms with Crippen LogP contribution in [0.1, 0.15) is 32.1 Å². The largest absolute Gasteiger partial charge is 0.469 e. The standard InChI is InChI=1S/C11H18O4/c1-14-10(12)6-8-3-4-9(5-8)7-11(13)15-2/h8-9H,3-7H2,1-2H3. The molecule has 2 atom stereocenters. The van der Waals surface area contributed by atoms with Gasteiger partial charge in [0, 0.05) is 12.8 Å². The summed E-state index contributed by atoms with van der Waals surface area (Å²) in [5.41, 5.74) is 0. The summed E-state index contributed by atoms with van der Waals surface area (Å²) < 4.78 is 9.24. The molecular weight excluding hydrogens is 196 g/mol. The molecule has 2 unspecified atom stereocenters. The fourth-order valence-corrected chi connectivity index (χ4v) is 2.19. The fraction of sp³-hybridized carbons (Fsp3) is 0.818. The minimum atomic E-state index is -0.154. The zero-order valence-corrected chi connectivity index (χ0v) is 9.32. The van der Waals surface area contributed by atoms with Crippen molar-refractivity contribution in [2.45, 2.75) is 32.1 Å². The Kier molecular flexibility index (Phi) is 4.59. The first-order valence-electron chi connectivity index (χ1n) is 5.29. The van der Waals surface area contributed by atoms with Gasteiger partial charge in [0.2, 0.25) is 0 Å². The van der Waals surface area contributed by atoms with Crippen molar-refractivity contribution < 1.29 is 19.1 Å². The van der Waals surface area contributed by atoms with Crippen LogP contribution in [0.3, 0.4) is 0 Å². The highest BCUT2D eigenvalue weighted by atomic mass is 16.5. The van der Waals surface area contributed by atoms with Crippen molar-refractivity contribution in [3.05, 3.63) is 0 Å². The van der Waals surface area contributed by atoms with Crippen molar-refractivity contribution >= 4 is 11.9 Å². The lowest BCUT2D eigenvalue weighted by atomic mass is 10.00. The van der Waals surface area contributed by atoms with Crippen LogP contribution in [0.4, 0.5) is 0 Å². The molecule has 0 aromatic rings. The van der Waals surface area contributed by atoms with E-state index in [1.807, 2.05) is 0 Å². The summed E-state index contributed by atoms with van der Waals surface area (Å²) >= 11 is 0. The van der Waals surface area contributed by atoms with E-state index in [1.54, 1.807) is 0 Å². The van der Waals surface area contributed by atoms with Crippen molar-refractivity contribution in [3.63, 3.8) is 0 Å². The Balaban J connectivity index is 2.26. The van der Waals surface area contributed by atoms with Gasteiger partial charge in [0.1, 0.15) is 0 Å². The topological polar surface area (TPSA) is 52.6 Å². The molecule has 86 valence electrons. The van der Waals surface area contributed by atoms with E-state index in [0.717, 1.165) is 19.3 Å². The predicted octanol–water partition coefficient (Wildman–Crippen LogP) is 1.53. The summed E-state index contributed by atoms with van der Waals surface area (Å²) in [6, 6.07) is 0. The molecule has 1 fully saturated rings. The molecule has 15 heavy (non-hydrogen) atoms. The number of carbonyl (C=O) groups is 2. The number of carbonyl (C=O) groups excluding carboxylic acids is 2. The van der Waals surface area contributed by atoms with Gasteiger partial charge < -0.3 is 9.47 Å². The van der Waals surface area contributed by atoms with Gasteiger partial charge in [-0.15, -0.1) is 0 Å². The Labute approximate surface area is 89.9 Å². The molecule has 4 heteroatoms. The zero-order valence-electron chi connectivity index (χ0n) is 9.32. The van der Waals surface area contributed by atoms with E-state index in [0.29, 0.717) is 24.7 Å². The number of methoxy groups -OCH3 is 2. The van der Waals surface area contributed by atoms with E-state index < -0.39 is 0 Å². The van der Waals surface area contributed by atoms with Gasteiger partial charge in [-0.1, -0.05) is 0 Å². The third-order valence-corrected chi connectivity index (χ3v) is 3.02. The van der Waals surface area contributed by atoms with E-state index in [2.05, 4.69) is 9.47 Å². The zero-order chi connectivity index (χ0) is 11.3. The number of hydrogen-bond donors (Lipinski definition) is 0. The lowest BCUT2D eigenvalue weighted by Crippen LogP contribution is -2.09. The van der Waals surface area contributed by atoms with Crippen LogP contribution < -0.4 is 0 Å². The Hall–Kier alpha value is -1.06. The highest BCUT2D eigenvalue weighted by molar-refractivity contribution is 5.70. The Morgan fingerprint density at radius 2 is 1.40 bits per heavy atom. The first kappa shape index (κ1) is 12.0. The van der Waals surface area contributed by atoms with Crippen LogP contribution in [0.25, 0.3) is 0 Å². The van der Waals surface area contributed by atoms with E-state index >= 15 is 0 Å². The number of hydrogen-bond acceptors (Lipinski definition) is 4. The Morgan fingerprint density at radius 3 is 1.73 bits per heavy atom. The average molecular weight is 214 g/mol. The van der Waals surface area contributed by atoms with Gasteiger partial charge in [-0.2, -0.15) is 0 Å².